The normalized spacial score (nSPS) is 10.6. The Bertz CT molecular complexity index is 359. The summed E-state index contributed by atoms with van der Waals surface area (Å²) in [5.74, 6) is 0. The van der Waals surface area contributed by atoms with Crippen molar-refractivity contribution in [2.24, 2.45) is 5.16 Å². The number of hydrogen-bond acceptors (Lipinski definition) is 3. The predicted molar refractivity (Wildman–Crippen MR) is 70.7 cm³/mol. The zero-order valence-electron chi connectivity index (χ0n) is 11.5. The molecule has 0 fully saturated rings. The molecule has 0 aliphatic carbocycles. The largest absolute Gasteiger partial charge is 1.00 e. The van der Waals surface area contributed by atoms with E-state index in [0.29, 0.717) is 6.73 Å². The number of rotatable bonds is 9. The second-order valence-corrected chi connectivity index (χ2v) is 4.35. The molecule has 0 spiro atoms. The molecule has 0 bridgehead atoms. The Kier molecular flexibility index (Phi) is 11.2. The van der Waals surface area contributed by atoms with Crippen molar-refractivity contribution < 1.29 is 26.9 Å². The lowest BCUT2D eigenvalue weighted by Gasteiger charge is -2.01. The maximum atomic E-state index is 8.46. The maximum Gasteiger partial charge on any atom is 0.252 e. The zero-order chi connectivity index (χ0) is 13.1. The van der Waals surface area contributed by atoms with Gasteiger partial charge in [-0.2, -0.15) is 4.57 Å². The molecule has 0 saturated carbocycles. The van der Waals surface area contributed by atoms with Gasteiger partial charge in [-0.1, -0.05) is 37.8 Å². The van der Waals surface area contributed by atoms with E-state index in [9.17, 15) is 0 Å². The first kappa shape index (κ1) is 17.9. The third-order valence-electron chi connectivity index (χ3n) is 2.72. The first-order valence-corrected chi connectivity index (χ1v) is 6.61. The molecule has 1 aromatic rings. The van der Waals surface area contributed by atoms with Gasteiger partial charge in [0.05, 0.1) is 18.4 Å². The highest BCUT2D eigenvalue weighted by atomic mass is 35.5. The van der Waals surface area contributed by atoms with Crippen LogP contribution in [-0.4, -0.2) is 18.0 Å². The van der Waals surface area contributed by atoms with Gasteiger partial charge in [-0.05, 0) is 12.5 Å². The van der Waals surface area contributed by atoms with Crippen LogP contribution in [-0.2, 0) is 11.5 Å². The summed E-state index contributed by atoms with van der Waals surface area (Å²) < 4.78 is 7.52. The van der Waals surface area contributed by atoms with E-state index in [1.54, 1.807) is 0 Å². The van der Waals surface area contributed by atoms with Crippen LogP contribution in [0.15, 0.2) is 29.7 Å². The quantitative estimate of drug-likeness (QED) is 0.223. The molecule has 1 N–H and O–H groups in total. The Hall–Kier alpha value is -1.13. The minimum atomic E-state index is 0. The van der Waals surface area contributed by atoms with Gasteiger partial charge in [0, 0.05) is 6.07 Å². The highest BCUT2D eigenvalue weighted by Gasteiger charge is 2.01. The van der Waals surface area contributed by atoms with Crippen molar-refractivity contribution in [1.82, 2.24) is 0 Å². The monoisotopic (exact) mass is 286 g/mol. The van der Waals surface area contributed by atoms with Gasteiger partial charge < -0.3 is 22.4 Å². The molecule has 0 amide bonds. The molecule has 1 heterocycles. The molecule has 0 atom stereocenters. The first-order valence-electron chi connectivity index (χ1n) is 6.61. The third kappa shape index (κ3) is 8.56. The number of pyridine rings is 1. The van der Waals surface area contributed by atoms with Crippen LogP contribution in [0.3, 0.4) is 0 Å². The predicted octanol–water partition coefficient (Wildman–Crippen LogP) is -0.269. The van der Waals surface area contributed by atoms with E-state index < -0.39 is 0 Å². The van der Waals surface area contributed by atoms with Gasteiger partial charge >= 0.3 is 0 Å². The van der Waals surface area contributed by atoms with Crippen LogP contribution in [0.1, 0.15) is 44.6 Å². The van der Waals surface area contributed by atoms with E-state index in [0.717, 1.165) is 18.6 Å². The van der Waals surface area contributed by atoms with Crippen LogP contribution < -0.4 is 17.0 Å². The van der Waals surface area contributed by atoms with E-state index in [1.807, 2.05) is 29.1 Å². The first-order chi connectivity index (χ1) is 8.86. The Morgan fingerprint density at radius 3 is 2.84 bits per heavy atom. The van der Waals surface area contributed by atoms with Crippen LogP contribution in [0.25, 0.3) is 0 Å². The molecule has 1 aromatic heterocycles. The van der Waals surface area contributed by atoms with Gasteiger partial charge in [0.2, 0.25) is 0 Å². The molecule has 4 nitrogen and oxygen atoms in total. The SMILES string of the molecule is CCCCCCCOC[n+]1cccc(/C=N/O)c1.[Cl-]. The molecule has 19 heavy (non-hydrogen) atoms. The number of hydrogen-bond donors (Lipinski definition) is 1. The van der Waals surface area contributed by atoms with Crippen LogP contribution in [0, 0.1) is 0 Å². The van der Waals surface area contributed by atoms with Crippen molar-refractivity contribution in [2.45, 2.75) is 45.8 Å². The van der Waals surface area contributed by atoms with Gasteiger partial charge in [-0.15, -0.1) is 0 Å². The summed E-state index contributed by atoms with van der Waals surface area (Å²) in [5.41, 5.74) is 0.853. The number of nitrogens with zero attached hydrogens (tertiary/aromatic N) is 2. The van der Waals surface area contributed by atoms with Crippen LogP contribution >= 0.6 is 0 Å². The third-order valence-corrected chi connectivity index (χ3v) is 2.72. The standard InChI is InChI=1S/C14H22N2O2.ClH/c1-2-3-4-5-6-10-18-13-16-9-7-8-14(12-16)11-15-17;/h7-9,11-12H,2-6,10,13H2,1H3;1H/b15-11+;. The van der Waals surface area contributed by atoms with Gasteiger partial charge in [0.1, 0.15) is 0 Å². The van der Waals surface area contributed by atoms with Crippen molar-refractivity contribution in [3.63, 3.8) is 0 Å². The van der Waals surface area contributed by atoms with Crippen LogP contribution in [0.5, 0.6) is 0 Å². The molecular formula is C14H23ClN2O2. The minimum absolute atomic E-state index is 0. The van der Waals surface area contributed by atoms with E-state index in [4.69, 9.17) is 9.94 Å². The average Bonchev–Trinajstić information content (AvgIpc) is 2.39. The van der Waals surface area contributed by atoms with E-state index >= 15 is 0 Å². The smallest absolute Gasteiger partial charge is 0.252 e. The Labute approximate surface area is 121 Å². The second-order valence-electron chi connectivity index (χ2n) is 4.35. The zero-order valence-corrected chi connectivity index (χ0v) is 12.2. The van der Waals surface area contributed by atoms with Crippen molar-refractivity contribution >= 4 is 6.21 Å². The van der Waals surface area contributed by atoms with Gasteiger partial charge in [0.25, 0.3) is 6.73 Å². The van der Waals surface area contributed by atoms with Crippen molar-refractivity contribution in [1.29, 1.82) is 0 Å². The maximum absolute atomic E-state index is 8.46. The minimum Gasteiger partial charge on any atom is -1.00 e. The summed E-state index contributed by atoms with van der Waals surface area (Å²) in [5, 5.41) is 11.5. The number of ether oxygens (including phenoxy) is 1. The van der Waals surface area contributed by atoms with Crippen molar-refractivity contribution in [3.8, 4) is 0 Å². The molecule has 0 saturated heterocycles. The van der Waals surface area contributed by atoms with E-state index in [-0.39, 0.29) is 12.4 Å². The number of unbranched alkanes of at least 4 members (excludes halogenated alkanes) is 4. The summed E-state index contributed by atoms with van der Waals surface area (Å²) >= 11 is 0. The van der Waals surface area contributed by atoms with E-state index in [1.165, 1.54) is 31.9 Å². The molecule has 108 valence electrons. The Morgan fingerprint density at radius 1 is 1.32 bits per heavy atom. The summed E-state index contributed by atoms with van der Waals surface area (Å²) in [6.07, 6.45) is 11.5. The fourth-order valence-corrected chi connectivity index (χ4v) is 1.74. The average molecular weight is 287 g/mol. The molecule has 5 heteroatoms. The lowest BCUT2D eigenvalue weighted by molar-refractivity contribution is -0.732. The van der Waals surface area contributed by atoms with Gasteiger partial charge in [0.15, 0.2) is 12.4 Å². The second kappa shape index (κ2) is 11.9. The van der Waals surface area contributed by atoms with Crippen molar-refractivity contribution in [2.75, 3.05) is 6.61 Å². The van der Waals surface area contributed by atoms with E-state index in [2.05, 4.69) is 12.1 Å². The molecule has 0 aromatic carbocycles. The lowest BCUT2D eigenvalue weighted by atomic mass is 10.2. The molecular weight excluding hydrogens is 264 g/mol. The molecule has 0 unspecified atom stereocenters. The highest BCUT2D eigenvalue weighted by Crippen LogP contribution is 2.02. The van der Waals surface area contributed by atoms with Crippen LogP contribution in [0.4, 0.5) is 0 Å². The summed E-state index contributed by atoms with van der Waals surface area (Å²) in [6.45, 7) is 3.56. The van der Waals surface area contributed by atoms with Gasteiger partial charge in [-0.3, -0.25) is 0 Å². The molecule has 0 radical (unpaired) electrons. The summed E-state index contributed by atoms with van der Waals surface area (Å²) in [6, 6.07) is 3.78. The summed E-state index contributed by atoms with van der Waals surface area (Å²) in [7, 11) is 0. The number of oxime groups is 1. The highest BCUT2D eigenvalue weighted by molar-refractivity contribution is 5.77. The van der Waals surface area contributed by atoms with Gasteiger partial charge in [-0.25, -0.2) is 0 Å². The Balaban J connectivity index is 0.00000324. The fourth-order valence-electron chi connectivity index (χ4n) is 1.74. The lowest BCUT2D eigenvalue weighted by Crippen LogP contribution is -3.00. The number of aromatic nitrogens is 1. The number of halogens is 1. The molecule has 0 aliphatic rings. The molecule has 0 aliphatic heterocycles. The molecule has 1 rings (SSSR count). The topological polar surface area (TPSA) is 45.7 Å². The van der Waals surface area contributed by atoms with Crippen LogP contribution in [0.2, 0.25) is 0 Å². The fraction of sp³-hybridized carbons (Fsp3) is 0.571. The summed E-state index contributed by atoms with van der Waals surface area (Å²) in [4.78, 5) is 0. The van der Waals surface area contributed by atoms with Crippen molar-refractivity contribution in [3.05, 3.63) is 30.1 Å². The Morgan fingerprint density at radius 2 is 2.11 bits per heavy atom.